The van der Waals surface area contributed by atoms with E-state index in [1.54, 1.807) is 0 Å². The van der Waals surface area contributed by atoms with Gasteiger partial charge in [-0.15, -0.1) is 0 Å². The highest BCUT2D eigenvalue weighted by Gasteiger charge is 2.30. The first kappa shape index (κ1) is 12.9. The summed E-state index contributed by atoms with van der Waals surface area (Å²) in [6.07, 6.45) is -7.56. The molecule has 16 heavy (non-hydrogen) atoms. The maximum atomic E-state index is 12.2. The summed E-state index contributed by atoms with van der Waals surface area (Å²) >= 11 is 0. The molecular formula is C10H10F5N. The van der Waals surface area contributed by atoms with Crippen molar-refractivity contribution in [2.45, 2.75) is 25.1 Å². The topological polar surface area (TPSA) is 26.0 Å². The molecule has 0 amide bonds. The zero-order valence-corrected chi connectivity index (χ0v) is 8.14. The molecule has 0 aliphatic carbocycles. The van der Waals surface area contributed by atoms with E-state index in [0.717, 1.165) is 24.3 Å². The van der Waals surface area contributed by atoms with E-state index in [9.17, 15) is 22.0 Å². The van der Waals surface area contributed by atoms with Crippen molar-refractivity contribution >= 4 is 0 Å². The Morgan fingerprint density at radius 1 is 1.06 bits per heavy atom. The van der Waals surface area contributed by atoms with Gasteiger partial charge >= 0.3 is 6.18 Å². The van der Waals surface area contributed by atoms with Crippen molar-refractivity contribution in [2.75, 3.05) is 0 Å². The van der Waals surface area contributed by atoms with Crippen LogP contribution in [0.15, 0.2) is 24.3 Å². The summed E-state index contributed by atoms with van der Waals surface area (Å²) < 4.78 is 60.5. The molecule has 0 saturated heterocycles. The summed E-state index contributed by atoms with van der Waals surface area (Å²) in [7, 11) is 0. The predicted octanol–water partition coefficient (Wildman–Crippen LogP) is 3.36. The van der Waals surface area contributed by atoms with E-state index in [1.165, 1.54) is 0 Å². The first-order valence-electron chi connectivity index (χ1n) is 4.51. The van der Waals surface area contributed by atoms with Gasteiger partial charge in [0, 0.05) is 12.5 Å². The van der Waals surface area contributed by atoms with Gasteiger partial charge in [-0.25, -0.2) is 8.78 Å². The highest BCUT2D eigenvalue weighted by molar-refractivity contribution is 5.26. The first-order chi connectivity index (χ1) is 7.30. The molecular weight excluding hydrogens is 229 g/mol. The third-order valence-corrected chi connectivity index (χ3v) is 2.10. The number of halogens is 5. The Morgan fingerprint density at radius 3 is 1.94 bits per heavy atom. The lowest BCUT2D eigenvalue weighted by atomic mass is 10.0. The minimum absolute atomic E-state index is 0.272. The van der Waals surface area contributed by atoms with Gasteiger partial charge in [0.25, 0.3) is 0 Å². The van der Waals surface area contributed by atoms with Gasteiger partial charge in [-0.3, -0.25) is 0 Å². The van der Waals surface area contributed by atoms with Gasteiger partial charge in [-0.2, -0.15) is 13.2 Å². The normalized spacial score (nSPS) is 14.2. The third kappa shape index (κ3) is 3.44. The number of alkyl halides is 5. The Kier molecular flexibility index (Phi) is 3.85. The Morgan fingerprint density at radius 2 is 1.56 bits per heavy atom. The van der Waals surface area contributed by atoms with Gasteiger partial charge in [0.2, 0.25) is 6.43 Å². The first-order valence-corrected chi connectivity index (χ1v) is 4.51. The number of benzene rings is 1. The number of hydrogen-bond acceptors (Lipinski definition) is 1. The predicted molar refractivity (Wildman–Crippen MR) is 49.0 cm³/mol. The van der Waals surface area contributed by atoms with Crippen LogP contribution in [0.5, 0.6) is 0 Å². The van der Waals surface area contributed by atoms with E-state index in [-0.39, 0.29) is 5.56 Å². The van der Waals surface area contributed by atoms with Crippen molar-refractivity contribution in [2.24, 2.45) is 5.73 Å². The van der Waals surface area contributed by atoms with E-state index in [2.05, 4.69) is 0 Å². The van der Waals surface area contributed by atoms with Gasteiger partial charge in [0.15, 0.2) is 0 Å². The third-order valence-electron chi connectivity index (χ3n) is 2.10. The molecule has 0 fully saturated rings. The molecule has 1 aromatic carbocycles. The average molecular weight is 239 g/mol. The summed E-state index contributed by atoms with van der Waals surface area (Å²) in [6.45, 7) is 0. The lowest BCUT2D eigenvalue weighted by molar-refractivity contribution is -0.137. The maximum Gasteiger partial charge on any atom is 0.416 e. The highest BCUT2D eigenvalue weighted by atomic mass is 19.4. The molecule has 0 bridgehead atoms. The monoisotopic (exact) mass is 239 g/mol. The fraction of sp³-hybridized carbons (Fsp3) is 0.400. The molecule has 1 rings (SSSR count). The van der Waals surface area contributed by atoms with E-state index in [1.807, 2.05) is 0 Å². The van der Waals surface area contributed by atoms with Crippen LogP contribution in [0.3, 0.4) is 0 Å². The summed E-state index contributed by atoms with van der Waals surface area (Å²) in [5.74, 6) is 0. The molecule has 0 saturated carbocycles. The number of hydrogen-bond donors (Lipinski definition) is 1. The van der Waals surface area contributed by atoms with E-state index >= 15 is 0 Å². The van der Waals surface area contributed by atoms with Crippen LogP contribution in [-0.4, -0.2) is 6.43 Å². The van der Waals surface area contributed by atoms with Crippen molar-refractivity contribution in [3.8, 4) is 0 Å². The van der Waals surface area contributed by atoms with E-state index < -0.39 is 30.6 Å². The van der Waals surface area contributed by atoms with Crippen LogP contribution in [0.25, 0.3) is 0 Å². The smallest absolute Gasteiger partial charge is 0.324 e. The Balaban J connectivity index is 2.79. The van der Waals surface area contributed by atoms with Crippen LogP contribution < -0.4 is 5.73 Å². The zero-order valence-electron chi connectivity index (χ0n) is 8.14. The van der Waals surface area contributed by atoms with E-state index in [4.69, 9.17) is 5.73 Å². The second-order valence-electron chi connectivity index (χ2n) is 3.35. The Hall–Kier alpha value is -1.17. The maximum absolute atomic E-state index is 12.2. The van der Waals surface area contributed by atoms with Gasteiger partial charge in [0.05, 0.1) is 5.56 Å². The summed E-state index contributed by atoms with van der Waals surface area (Å²) in [5, 5.41) is 0. The second-order valence-corrected chi connectivity index (χ2v) is 3.35. The van der Waals surface area contributed by atoms with Gasteiger partial charge in [-0.05, 0) is 17.7 Å². The molecule has 0 heterocycles. The lowest BCUT2D eigenvalue weighted by Crippen LogP contribution is -2.14. The van der Waals surface area contributed by atoms with Crippen molar-refractivity contribution in [3.63, 3.8) is 0 Å². The molecule has 0 aromatic heterocycles. The minimum atomic E-state index is -4.43. The van der Waals surface area contributed by atoms with Gasteiger partial charge < -0.3 is 5.73 Å². The molecule has 2 N–H and O–H groups in total. The largest absolute Gasteiger partial charge is 0.416 e. The SMILES string of the molecule is N[C@@H](CC(F)F)c1ccc(C(F)(F)F)cc1. The second kappa shape index (κ2) is 4.78. The summed E-state index contributed by atoms with van der Waals surface area (Å²) in [5.41, 5.74) is 4.85. The summed E-state index contributed by atoms with van der Waals surface area (Å²) in [4.78, 5) is 0. The van der Waals surface area contributed by atoms with Gasteiger partial charge in [0.1, 0.15) is 0 Å². The molecule has 0 unspecified atom stereocenters. The molecule has 0 aliphatic heterocycles. The Labute approximate surface area is 89.1 Å². The molecule has 0 radical (unpaired) electrons. The average Bonchev–Trinajstić information content (AvgIpc) is 2.15. The highest BCUT2D eigenvalue weighted by Crippen LogP contribution is 2.30. The van der Waals surface area contributed by atoms with Crippen molar-refractivity contribution in [3.05, 3.63) is 35.4 Å². The minimum Gasteiger partial charge on any atom is -0.324 e. The van der Waals surface area contributed by atoms with Crippen LogP contribution in [0.4, 0.5) is 22.0 Å². The number of rotatable bonds is 3. The molecule has 1 nitrogen and oxygen atoms in total. The standard InChI is InChI=1S/C10H10F5N/c11-9(12)5-8(16)6-1-3-7(4-2-6)10(13,14)15/h1-4,8-9H,5,16H2/t8-/m0/s1. The van der Waals surface area contributed by atoms with Crippen LogP contribution in [-0.2, 0) is 6.18 Å². The van der Waals surface area contributed by atoms with E-state index in [0.29, 0.717) is 0 Å². The number of nitrogens with two attached hydrogens (primary N) is 1. The lowest BCUT2D eigenvalue weighted by Gasteiger charge is -2.12. The van der Waals surface area contributed by atoms with Crippen LogP contribution in [0.2, 0.25) is 0 Å². The molecule has 1 aromatic rings. The van der Waals surface area contributed by atoms with Crippen LogP contribution in [0.1, 0.15) is 23.6 Å². The van der Waals surface area contributed by atoms with Crippen molar-refractivity contribution < 1.29 is 22.0 Å². The molecule has 1 atom stereocenters. The molecule has 6 heteroatoms. The summed E-state index contributed by atoms with van der Waals surface area (Å²) in [6, 6.07) is 2.97. The molecule has 0 aliphatic rings. The van der Waals surface area contributed by atoms with Crippen LogP contribution in [0, 0.1) is 0 Å². The fourth-order valence-corrected chi connectivity index (χ4v) is 1.25. The Bertz CT molecular complexity index is 330. The zero-order chi connectivity index (χ0) is 12.3. The molecule has 90 valence electrons. The molecule has 0 spiro atoms. The van der Waals surface area contributed by atoms with Crippen molar-refractivity contribution in [1.82, 2.24) is 0 Å². The van der Waals surface area contributed by atoms with Crippen LogP contribution >= 0.6 is 0 Å². The fourth-order valence-electron chi connectivity index (χ4n) is 1.25. The quantitative estimate of drug-likeness (QED) is 0.804. The van der Waals surface area contributed by atoms with Crippen molar-refractivity contribution in [1.29, 1.82) is 0 Å². The van der Waals surface area contributed by atoms with Gasteiger partial charge in [-0.1, -0.05) is 12.1 Å².